The molecule has 1 aliphatic heterocycles. The van der Waals surface area contributed by atoms with Crippen LogP contribution in [0.4, 0.5) is 5.69 Å². The lowest BCUT2D eigenvalue weighted by atomic mass is 10.1. The number of hydrogen-bond acceptors (Lipinski definition) is 4. The third-order valence-electron chi connectivity index (χ3n) is 4.48. The van der Waals surface area contributed by atoms with Crippen molar-refractivity contribution in [1.29, 1.82) is 0 Å². The summed E-state index contributed by atoms with van der Waals surface area (Å²) in [4.78, 5) is 26.5. The number of carbonyl (C=O) groups is 2. The van der Waals surface area contributed by atoms with Crippen LogP contribution in [-0.2, 0) is 16.0 Å². The lowest BCUT2D eigenvalue weighted by Gasteiger charge is -2.22. The van der Waals surface area contributed by atoms with Crippen LogP contribution in [0.5, 0.6) is 5.75 Å². The second-order valence-corrected chi connectivity index (χ2v) is 7.25. The Bertz CT molecular complexity index is 813. The number of rotatable bonds is 6. The molecule has 5 nitrogen and oxygen atoms in total. The van der Waals surface area contributed by atoms with Crippen molar-refractivity contribution in [1.82, 2.24) is 0 Å². The molecule has 2 aromatic carbocycles. The van der Waals surface area contributed by atoms with E-state index in [1.807, 2.05) is 31.2 Å². The summed E-state index contributed by atoms with van der Waals surface area (Å²) in [7, 11) is 0. The molecule has 1 amide bonds. The van der Waals surface area contributed by atoms with E-state index in [-0.39, 0.29) is 18.6 Å². The predicted octanol–water partition coefficient (Wildman–Crippen LogP) is 3.86. The van der Waals surface area contributed by atoms with Crippen molar-refractivity contribution in [2.45, 2.75) is 33.2 Å². The van der Waals surface area contributed by atoms with Crippen molar-refractivity contribution in [2.75, 3.05) is 18.1 Å². The van der Waals surface area contributed by atoms with Gasteiger partial charge in [-0.2, -0.15) is 0 Å². The van der Waals surface area contributed by atoms with Crippen molar-refractivity contribution in [3.05, 3.63) is 59.7 Å². The Morgan fingerprint density at radius 3 is 2.52 bits per heavy atom. The van der Waals surface area contributed by atoms with Crippen LogP contribution in [-0.4, -0.2) is 31.1 Å². The highest BCUT2D eigenvalue weighted by atomic mass is 16.5. The number of fused-ring (bicyclic) bond motifs is 1. The van der Waals surface area contributed by atoms with Crippen molar-refractivity contribution in [3.63, 3.8) is 0 Å². The van der Waals surface area contributed by atoms with Crippen molar-refractivity contribution in [3.8, 4) is 5.75 Å². The van der Waals surface area contributed by atoms with Crippen LogP contribution in [0.2, 0.25) is 0 Å². The lowest BCUT2D eigenvalue weighted by Crippen LogP contribution is -2.38. The summed E-state index contributed by atoms with van der Waals surface area (Å²) in [6.45, 7) is 6.48. The van der Waals surface area contributed by atoms with Crippen LogP contribution in [0.15, 0.2) is 48.5 Å². The molecule has 27 heavy (non-hydrogen) atoms. The second kappa shape index (κ2) is 8.25. The molecule has 1 heterocycles. The van der Waals surface area contributed by atoms with Gasteiger partial charge in [0.25, 0.3) is 5.91 Å². The van der Waals surface area contributed by atoms with Crippen LogP contribution in [0.1, 0.15) is 36.7 Å². The molecule has 3 rings (SSSR count). The third-order valence-corrected chi connectivity index (χ3v) is 4.48. The van der Waals surface area contributed by atoms with Gasteiger partial charge in [-0.15, -0.1) is 0 Å². The summed E-state index contributed by atoms with van der Waals surface area (Å²) in [5.74, 6) is 0.411. The molecule has 142 valence electrons. The van der Waals surface area contributed by atoms with Gasteiger partial charge in [-0.05, 0) is 55.2 Å². The van der Waals surface area contributed by atoms with Gasteiger partial charge in [-0.25, -0.2) is 4.79 Å². The number of ether oxygens (including phenoxy) is 2. The Kier molecular flexibility index (Phi) is 5.79. The number of carbonyl (C=O) groups excluding carboxylic acids is 2. The maximum Gasteiger partial charge on any atom is 0.338 e. The minimum Gasteiger partial charge on any atom is -0.493 e. The van der Waals surface area contributed by atoms with Crippen LogP contribution < -0.4 is 9.64 Å². The first-order chi connectivity index (χ1) is 13.0. The standard InChI is InChI=1S/C22H25NO4/c1-15(2)13-26-19-10-8-17(9-11-19)22(25)27-14-21(24)23-16(3)12-18-6-4-5-7-20(18)23/h4-11,15-16H,12-14H2,1-3H3/t16-/m1/s1. The highest BCUT2D eigenvalue weighted by molar-refractivity contribution is 5.99. The molecule has 0 unspecified atom stereocenters. The number of nitrogens with zero attached hydrogens (tertiary/aromatic N) is 1. The van der Waals surface area contributed by atoms with Crippen LogP contribution in [0.3, 0.4) is 0 Å². The molecule has 0 fully saturated rings. The molecule has 0 saturated heterocycles. The van der Waals surface area contributed by atoms with E-state index in [0.717, 1.165) is 17.7 Å². The Labute approximate surface area is 159 Å². The van der Waals surface area contributed by atoms with E-state index < -0.39 is 5.97 Å². The average molecular weight is 367 g/mol. The fourth-order valence-electron chi connectivity index (χ4n) is 3.18. The molecule has 0 aromatic heterocycles. The molecule has 2 aromatic rings. The summed E-state index contributed by atoms with van der Waals surface area (Å²) in [5, 5.41) is 0. The monoisotopic (exact) mass is 367 g/mol. The highest BCUT2D eigenvalue weighted by Crippen LogP contribution is 2.31. The minimum atomic E-state index is -0.515. The zero-order valence-corrected chi connectivity index (χ0v) is 16.0. The van der Waals surface area contributed by atoms with Gasteiger partial charge in [-0.3, -0.25) is 4.79 Å². The highest BCUT2D eigenvalue weighted by Gasteiger charge is 2.31. The number of para-hydroxylation sites is 1. The quantitative estimate of drug-likeness (QED) is 0.728. The van der Waals surface area contributed by atoms with Crippen molar-refractivity contribution in [2.24, 2.45) is 5.92 Å². The summed E-state index contributed by atoms with van der Waals surface area (Å²) >= 11 is 0. The zero-order valence-electron chi connectivity index (χ0n) is 16.0. The SMILES string of the molecule is CC(C)COc1ccc(C(=O)OCC(=O)N2c3ccccc3C[C@H]2C)cc1. The maximum absolute atomic E-state index is 12.6. The first kappa shape index (κ1) is 19.0. The van der Waals surface area contributed by atoms with Crippen molar-refractivity contribution >= 4 is 17.6 Å². The van der Waals surface area contributed by atoms with Gasteiger partial charge in [0.15, 0.2) is 6.61 Å². The Hall–Kier alpha value is -2.82. The maximum atomic E-state index is 12.6. The first-order valence-corrected chi connectivity index (χ1v) is 9.25. The topological polar surface area (TPSA) is 55.8 Å². The number of benzene rings is 2. The van der Waals surface area contributed by atoms with E-state index in [0.29, 0.717) is 23.8 Å². The van der Waals surface area contributed by atoms with Crippen LogP contribution >= 0.6 is 0 Å². The average Bonchev–Trinajstić information content (AvgIpc) is 3.00. The summed E-state index contributed by atoms with van der Waals surface area (Å²) in [6, 6.07) is 14.7. The van der Waals surface area contributed by atoms with E-state index in [2.05, 4.69) is 13.8 Å². The molecule has 0 N–H and O–H groups in total. The fraction of sp³-hybridized carbons (Fsp3) is 0.364. The van der Waals surface area contributed by atoms with E-state index in [9.17, 15) is 9.59 Å². The molecular weight excluding hydrogens is 342 g/mol. The third kappa shape index (κ3) is 4.48. The summed E-state index contributed by atoms with van der Waals surface area (Å²) in [6.07, 6.45) is 0.813. The number of amides is 1. The second-order valence-electron chi connectivity index (χ2n) is 7.25. The van der Waals surface area contributed by atoms with Gasteiger partial charge in [0.2, 0.25) is 0 Å². The number of hydrogen-bond donors (Lipinski definition) is 0. The Balaban J connectivity index is 1.57. The molecule has 1 aliphatic rings. The molecule has 0 radical (unpaired) electrons. The zero-order chi connectivity index (χ0) is 19.4. The van der Waals surface area contributed by atoms with Gasteiger partial charge in [0, 0.05) is 11.7 Å². The predicted molar refractivity (Wildman–Crippen MR) is 104 cm³/mol. The lowest BCUT2D eigenvalue weighted by molar-refractivity contribution is -0.122. The smallest absolute Gasteiger partial charge is 0.338 e. The Morgan fingerprint density at radius 2 is 1.81 bits per heavy atom. The molecular formula is C22H25NO4. The van der Waals surface area contributed by atoms with Crippen LogP contribution in [0, 0.1) is 5.92 Å². The minimum absolute atomic E-state index is 0.0611. The van der Waals surface area contributed by atoms with Crippen molar-refractivity contribution < 1.29 is 19.1 Å². The molecule has 0 aliphatic carbocycles. The molecule has 0 saturated carbocycles. The van der Waals surface area contributed by atoms with Crippen LogP contribution in [0.25, 0.3) is 0 Å². The van der Waals surface area contributed by atoms with E-state index >= 15 is 0 Å². The number of esters is 1. The summed E-state index contributed by atoms with van der Waals surface area (Å²) in [5.41, 5.74) is 2.44. The fourth-order valence-corrected chi connectivity index (χ4v) is 3.18. The van der Waals surface area contributed by atoms with E-state index in [1.54, 1.807) is 29.2 Å². The normalized spacial score (nSPS) is 15.6. The molecule has 0 spiro atoms. The summed E-state index contributed by atoms with van der Waals surface area (Å²) < 4.78 is 10.8. The van der Waals surface area contributed by atoms with Gasteiger partial charge in [-0.1, -0.05) is 32.0 Å². The first-order valence-electron chi connectivity index (χ1n) is 9.25. The van der Waals surface area contributed by atoms with Gasteiger partial charge >= 0.3 is 5.97 Å². The van der Waals surface area contributed by atoms with E-state index in [1.165, 1.54) is 0 Å². The van der Waals surface area contributed by atoms with Gasteiger partial charge < -0.3 is 14.4 Å². The van der Waals surface area contributed by atoms with Gasteiger partial charge in [0.05, 0.1) is 12.2 Å². The Morgan fingerprint density at radius 1 is 1.11 bits per heavy atom. The molecule has 0 bridgehead atoms. The molecule has 1 atom stereocenters. The largest absolute Gasteiger partial charge is 0.493 e. The molecule has 5 heteroatoms. The number of anilines is 1. The van der Waals surface area contributed by atoms with E-state index in [4.69, 9.17) is 9.47 Å². The van der Waals surface area contributed by atoms with Gasteiger partial charge in [0.1, 0.15) is 5.75 Å².